The second-order valence-electron chi connectivity index (χ2n) is 9.11. The van der Waals surface area contributed by atoms with Crippen molar-refractivity contribution in [1.29, 1.82) is 0 Å². The average molecular weight is 527 g/mol. The molecule has 7 nitrogen and oxygen atoms in total. The van der Waals surface area contributed by atoms with E-state index in [0.717, 1.165) is 32.9 Å². The molecule has 0 aliphatic carbocycles. The van der Waals surface area contributed by atoms with Gasteiger partial charge in [-0.25, -0.2) is 18.1 Å². The number of sulfonamides is 1. The van der Waals surface area contributed by atoms with Crippen LogP contribution in [-0.4, -0.2) is 24.5 Å². The first-order valence-electron chi connectivity index (χ1n) is 12.1. The molecule has 0 fully saturated rings. The van der Waals surface area contributed by atoms with E-state index in [-0.39, 0.29) is 11.3 Å². The molecule has 1 heterocycles. The smallest absolute Gasteiger partial charge is 0.307 e. The predicted octanol–water partition coefficient (Wildman–Crippen LogP) is 5.63. The van der Waals surface area contributed by atoms with Crippen molar-refractivity contribution in [3.63, 3.8) is 0 Å². The summed E-state index contributed by atoms with van der Waals surface area (Å²) in [5.41, 5.74) is 3.09. The Morgan fingerprint density at radius 2 is 1.63 bits per heavy atom. The van der Waals surface area contributed by atoms with E-state index in [1.807, 2.05) is 54.6 Å². The van der Waals surface area contributed by atoms with Gasteiger partial charge in [-0.15, -0.1) is 0 Å². The Morgan fingerprint density at radius 1 is 0.895 bits per heavy atom. The summed E-state index contributed by atoms with van der Waals surface area (Å²) in [5.74, 6) is -0.300. The molecule has 0 bridgehead atoms. The van der Waals surface area contributed by atoms with Gasteiger partial charge < -0.3 is 9.84 Å². The molecule has 1 unspecified atom stereocenters. The number of ether oxygens (including phenoxy) is 1. The second-order valence-corrected chi connectivity index (χ2v) is 10.8. The minimum absolute atomic E-state index is 0.0814. The maximum atomic E-state index is 13.1. The van der Waals surface area contributed by atoms with E-state index in [1.54, 1.807) is 49.4 Å². The highest BCUT2D eigenvalue weighted by Crippen LogP contribution is 2.26. The van der Waals surface area contributed by atoms with Gasteiger partial charge in [0.2, 0.25) is 10.0 Å². The van der Waals surface area contributed by atoms with Crippen molar-refractivity contribution in [1.82, 2.24) is 9.71 Å². The van der Waals surface area contributed by atoms with E-state index in [0.29, 0.717) is 17.9 Å². The van der Waals surface area contributed by atoms with Crippen molar-refractivity contribution >= 4 is 37.7 Å². The van der Waals surface area contributed by atoms with Crippen molar-refractivity contribution in [2.24, 2.45) is 0 Å². The third-order valence-corrected chi connectivity index (χ3v) is 7.84. The minimum Gasteiger partial charge on any atom is -0.487 e. The van der Waals surface area contributed by atoms with Gasteiger partial charge in [-0.1, -0.05) is 60.7 Å². The number of carboxylic acids is 1. The van der Waals surface area contributed by atoms with Crippen LogP contribution < -0.4 is 9.46 Å². The van der Waals surface area contributed by atoms with Crippen molar-refractivity contribution in [3.05, 3.63) is 114 Å². The number of aromatic nitrogens is 1. The number of carbonyl (C=O) groups is 1. The lowest BCUT2D eigenvalue weighted by atomic mass is 10.1. The zero-order valence-corrected chi connectivity index (χ0v) is 21.5. The molecular formula is C30H26N2O5S. The Balaban J connectivity index is 1.31. The zero-order chi connectivity index (χ0) is 26.7. The quantitative estimate of drug-likeness (QED) is 0.258. The standard InChI is InChI=1S/C30H26N2O5S/c1-20(22-8-6-21(7-9-22)16-30(33)34)32-38(35,36)28-15-12-23-11-14-27(17-25(23)18-28)37-19-26-13-10-24-4-2-3-5-29(24)31-26/h2-15,17-18,20,32H,16,19H2,1H3,(H,33,34). The van der Waals surface area contributed by atoms with Gasteiger partial charge in [0.15, 0.2) is 0 Å². The number of benzene rings is 4. The third-order valence-electron chi connectivity index (χ3n) is 6.30. The summed E-state index contributed by atoms with van der Waals surface area (Å²) < 4.78 is 35.0. The number of aliphatic carboxylic acids is 1. The van der Waals surface area contributed by atoms with Crippen LogP contribution in [0.3, 0.4) is 0 Å². The number of rotatable bonds is 9. The van der Waals surface area contributed by atoms with Crippen LogP contribution in [0.4, 0.5) is 0 Å². The van der Waals surface area contributed by atoms with E-state index >= 15 is 0 Å². The first-order chi connectivity index (χ1) is 18.3. The Hall–Kier alpha value is -4.27. The highest BCUT2D eigenvalue weighted by Gasteiger charge is 2.19. The van der Waals surface area contributed by atoms with E-state index < -0.39 is 22.0 Å². The lowest BCUT2D eigenvalue weighted by Crippen LogP contribution is -2.26. The van der Waals surface area contributed by atoms with E-state index in [4.69, 9.17) is 9.84 Å². The largest absolute Gasteiger partial charge is 0.487 e. The molecule has 0 saturated heterocycles. The second kappa shape index (κ2) is 10.6. The first kappa shape index (κ1) is 25.4. The van der Waals surface area contributed by atoms with Gasteiger partial charge in [0.05, 0.1) is 22.5 Å². The molecule has 0 spiro atoms. The fourth-order valence-electron chi connectivity index (χ4n) is 4.27. The number of hydrogen-bond donors (Lipinski definition) is 2. The third kappa shape index (κ3) is 5.82. The summed E-state index contributed by atoms with van der Waals surface area (Å²) in [6, 6.07) is 28.7. The summed E-state index contributed by atoms with van der Waals surface area (Å²) in [6.45, 7) is 2.04. The molecule has 5 aromatic rings. The maximum Gasteiger partial charge on any atom is 0.307 e. The van der Waals surface area contributed by atoms with Crippen LogP contribution in [0.25, 0.3) is 21.7 Å². The molecule has 0 aliphatic heterocycles. The van der Waals surface area contributed by atoms with Gasteiger partial charge in [-0.2, -0.15) is 0 Å². The highest BCUT2D eigenvalue weighted by molar-refractivity contribution is 7.89. The van der Waals surface area contributed by atoms with E-state index in [9.17, 15) is 13.2 Å². The summed E-state index contributed by atoms with van der Waals surface area (Å²) in [7, 11) is -3.81. The van der Waals surface area contributed by atoms with Crippen molar-refractivity contribution in [2.75, 3.05) is 0 Å². The number of nitrogens with one attached hydrogen (secondary N) is 1. The summed E-state index contributed by atoms with van der Waals surface area (Å²) >= 11 is 0. The van der Waals surface area contributed by atoms with E-state index in [1.165, 1.54) is 0 Å². The zero-order valence-electron chi connectivity index (χ0n) is 20.7. The predicted molar refractivity (Wildman–Crippen MR) is 147 cm³/mol. The van der Waals surface area contributed by atoms with Gasteiger partial charge in [0.25, 0.3) is 0 Å². The molecule has 38 heavy (non-hydrogen) atoms. The lowest BCUT2D eigenvalue weighted by molar-refractivity contribution is -0.136. The number of hydrogen-bond acceptors (Lipinski definition) is 5. The van der Waals surface area contributed by atoms with Gasteiger partial charge >= 0.3 is 5.97 Å². The lowest BCUT2D eigenvalue weighted by Gasteiger charge is -2.16. The van der Waals surface area contributed by atoms with Crippen LogP contribution in [-0.2, 0) is 27.8 Å². The molecule has 192 valence electrons. The SMILES string of the molecule is CC(NS(=O)(=O)c1ccc2ccc(OCc3ccc4ccccc4n3)cc2c1)c1ccc(CC(=O)O)cc1. The Labute approximate surface area is 220 Å². The normalized spacial score (nSPS) is 12.4. The number of nitrogens with zero attached hydrogens (tertiary/aromatic N) is 1. The monoisotopic (exact) mass is 526 g/mol. The topological polar surface area (TPSA) is 106 Å². The molecule has 1 aromatic heterocycles. The molecular weight excluding hydrogens is 500 g/mol. The number of pyridine rings is 1. The molecule has 2 N–H and O–H groups in total. The van der Waals surface area contributed by atoms with Crippen LogP contribution in [0.15, 0.2) is 102 Å². The van der Waals surface area contributed by atoms with Crippen molar-refractivity contribution in [2.45, 2.75) is 30.9 Å². The molecule has 1 atom stereocenters. The Bertz CT molecular complexity index is 1730. The Kier molecular flexibility index (Phi) is 7.09. The number of carboxylic acid groups (broad SMARTS) is 1. The number of fused-ring (bicyclic) bond motifs is 2. The first-order valence-corrected chi connectivity index (χ1v) is 13.6. The molecule has 0 amide bonds. The van der Waals surface area contributed by atoms with Gasteiger partial charge in [0, 0.05) is 11.4 Å². The molecule has 0 aliphatic rings. The highest BCUT2D eigenvalue weighted by atomic mass is 32.2. The van der Waals surface area contributed by atoms with Crippen LogP contribution in [0.2, 0.25) is 0 Å². The van der Waals surface area contributed by atoms with Crippen molar-refractivity contribution in [3.8, 4) is 5.75 Å². The molecule has 0 saturated carbocycles. The molecule has 4 aromatic carbocycles. The van der Waals surface area contributed by atoms with Crippen LogP contribution >= 0.6 is 0 Å². The molecule has 0 radical (unpaired) electrons. The van der Waals surface area contributed by atoms with Gasteiger partial charge in [-0.3, -0.25) is 4.79 Å². The fourth-order valence-corrected chi connectivity index (χ4v) is 5.54. The average Bonchev–Trinajstić information content (AvgIpc) is 2.91. The molecule has 8 heteroatoms. The maximum absolute atomic E-state index is 13.1. The number of para-hydroxylation sites is 1. The van der Waals surface area contributed by atoms with Crippen molar-refractivity contribution < 1.29 is 23.1 Å². The summed E-state index contributed by atoms with van der Waals surface area (Å²) in [4.78, 5) is 15.7. The minimum atomic E-state index is -3.81. The summed E-state index contributed by atoms with van der Waals surface area (Å²) in [5, 5.41) is 11.6. The molecule has 5 rings (SSSR count). The van der Waals surface area contributed by atoms with Crippen LogP contribution in [0.5, 0.6) is 5.75 Å². The van der Waals surface area contributed by atoms with Gasteiger partial charge in [-0.05, 0) is 65.2 Å². The van der Waals surface area contributed by atoms with Crippen LogP contribution in [0.1, 0.15) is 29.8 Å². The fraction of sp³-hybridized carbons (Fsp3) is 0.133. The van der Waals surface area contributed by atoms with E-state index in [2.05, 4.69) is 9.71 Å². The van der Waals surface area contributed by atoms with Gasteiger partial charge in [0.1, 0.15) is 12.4 Å². The Morgan fingerprint density at radius 3 is 2.42 bits per heavy atom. The summed E-state index contributed by atoms with van der Waals surface area (Å²) in [6.07, 6.45) is -0.0814. The van der Waals surface area contributed by atoms with Crippen LogP contribution in [0, 0.1) is 0 Å².